The number of carbonyl (C=O) groups is 1. The smallest absolute Gasteiger partial charge is 0.343 e. The minimum absolute atomic E-state index is 0.0759. The second-order valence-corrected chi connectivity index (χ2v) is 4.75. The van der Waals surface area contributed by atoms with Crippen LogP contribution in [0.5, 0.6) is 11.5 Å². The molecular weight excluding hydrogens is 298 g/mol. The van der Waals surface area contributed by atoms with Gasteiger partial charge >= 0.3 is 5.97 Å². The van der Waals surface area contributed by atoms with Gasteiger partial charge in [0.15, 0.2) is 5.76 Å². The van der Waals surface area contributed by atoms with Crippen LogP contribution in [0.15, 0.2) is 40.2 Å². The fraction of sp³-hybridized carbons (Fsp3) is 0.294. The standard InChI is InChI=1S/C17H19NO5/c1-5-23-17(20)15-10(2)18-12(16(15)19)9-11-13(21-3)7-6-8-14(11)22-4/h6-9,19H,5H2,1-4H3. The molecule has 1 aromatic carbocycles. The molecule has 0 aliphatic carbocycles. The summed E-state index contributed by atoms with van der Waals surface area (Å²) in [6.45, 7) is 3.57. The molecule has 1 aliphatic heterocycles. The van der Waals surface area contributed by atoms with Crippen LogP contribution < -0.4 is 9.47 Å². The molecule has 0 aromatic heterocycles. The van der Waals surface area contributed by atoms with Gasteiger partial charge in [-0.05, 0) is 32.1 Å². The normalized spacial score (nSPS) is 15.7. The lowest BCUT2D eigenvalue weighted by Gasteiger charge is -2.10. The van der Waals surface area contributed by atoms with Gasteiger partial charge in [0.05, 0.1) is 32.1 Å². The summed E-state index contributed by atoms with van der Waals surface area (Å²) in [6, 6.07) is 5.34. The number of rotatable bonds is 5. The average molecular weight is 317 g/mol. The highest BCUT2D eigenvalue weighted by atomic mass is 16.5. The predicted octanol–water partition coefficient (Wildman–Crippen LogP) is 2.89. The van der Waals surface area contributed by atoms with Crippen LogP contribution in [0.4, 0.5) is 0 Å². The maximum Gasteiger partial charge on any atom is 0.343 e. The van der Waals surface area contributed by atoms with Crippen LogP contribution in [0.1, 0.15) is 19.4 Å². The zero-order valence-corrected chi connectivity index (χ0v) is 13.5. The molecule has 1 aliphatic rings. The van der Waals surface area contributed by atoms with Crippen molar-refractivity contribution in [1.82, 2.24) is 0 Å². The largest absolute Gasteiger partial charge is 0.505 e. The van der Waals surface area contributed by atoms with Crippen molar-refractivity contribution in [3.63, 3.8) is 0 Å². The van der Waals surface area contributed by atoms with Gasteiger partial charge in [-0.1, -0.05) is 6.07 Å². The third kappa shape index (κ3) is 3.21. The minimum Gasteiger partial charge on any atom is -0.505 e. The number of hydrogen-bond acceptors (Lipinski definition) is 6. The second-order valence-electron chi connectivity index (χ2n) is 4.75. The fourth-order valence-corrected chi connectivity index (χ4v) is 2.30. The molecule has 0 radical (unpaired) electrons. The van der Waals surface area contributed by atoms with E-state index >= 15 is 0 Å². The third-order valence-electron chi connectivity index (χ3n) is 3.36. The van der Waals surface area contributed by atoms with Crippen LogP contribution in [-0.2, 0) is 9.53 Å². The van der Waals surface area contributed by atoms with Gasteiger partial charge in [0, 0.05) is 0 Å². The van der Waals surface area contributed by atoms with Crippen molar-refractivity contribution >= 4 is 17.8 Å². The molecular formula is C17H19NO5. The number of carbonyl (C=O) groups excluding carboxylic acids is 1. The minimum atomic E-state index is -0.596. The van der Waals surface area contributed by atoms with Crippen molar-refractivity contribution in [2.45, 2.75) is 13.8 Å². The van der Waals surface area contributed by atoms with Crippen molar-refractivity contribution in [2.24, 2.45) is 4.99 Å². The van der Waals surface area contributed by atoms with Crippen molar-refractivity contribution in [2.75, 3.05) is 20.8 Å². The molecule has 6 nitrogen and oxygen atoms in total. The number of benzene rings is 1. The van der Waals surface area contributed by atoms with E-state index in [1.54, 1.807) is 52.3 Å². The number of methoxy groups -OCH3 is 2. The lowest BCUT2D eigenvalue weighted by molar-refractivity contribution is -0.138. The van der Waals surface area contributed by atoms with Crippen molar-refractivity contribution < 1.29 is 24.1 Å². The van der Waals surface area contributed by atoms with Crippen molar-refractivity contribution in [3.05, 3.63) is 40.8 Å². The molecule has 0 fully saturated rings. The third-order valence-corrected chi connectivity index (χ3v) is 3.36. The highest BCUT2D eigenvalue weighted by molar-refractivity contribution is 6.22. The molecule has 0 saturated carbocycles. The average Bonchev–Trinajstić information content (AvgIpc) is 2.81. The summed E-state index contributed by atoms with van der Waals surface area (Å²) in [5.41, 5.74) is 1.36. The molecule has 0 amide bonds. The second kappa shape index (κ2) is 7.00. The summed E-state index contributed by atoms with van der Waals surface area (Å²) < 4.78 is 15.6. The Hall–Kier alpha value is -2.76. The first-order valence-electron chi connectivity index (χ1n) is 7.12. The quantitative estimate of drug-likeness (QED) is 0.845. The van der Waals surface area contributed by atoms with E-state index in [0.717, 1.165) is 0 Å². The van der Waals surface area contributed by atoms with Crippen LogP contribution >= 0.6 is 0 Å². The highest BCUT2D eigenvalue weighted by Gasteiger charge is 2.28. The molecule has 0 unspecified atom stereocenters. The van der Waals surface area contributed by atoms with E-state index in [-0.39, 0.29) is 23.6 Å². The van der Waals surface area contributed by atoms with Crippen LogP contribution in [0.25, 0.3) is 6.08 Å². The predicted molar refractivity (Wildman–Crippen MR) is 86.9 cm³/mol. The highest BCUT2D eigenvalue weighted by Crippen LogP contribution is 2.34. The maximum atomic E-state index is 11.9. The lowest BCUT2D eigenvalue weighted by Crippen LogP contribution is -2.13. The summed E-state index contributed by atoms with van der Waals surface area (Å²) in [5.74, 6) is 0.333. The van der Waals surface area contributed by atoms with E-state index < -0.39 is 5.97 Å². The van der Waals surface area contributed by atoms with Gasteiger partial charge < -0.3 is 19.3 Å². The first-order valence-corrected chi connectivity index (χ1v) is 7.12. The van der Waals surface area contributed by atoms with Crippen LogP contribution in [0, 0.1) is 0 Å². The summed E-state index contributed by atoms with van der Waals surface area (Å²) in [6.07, 6.45) is 1.61. The molecule has 1 heterocycles. The molecule has 6 heteroatoms. The molecule has 23 heavy (non-hydrogen) atoms. The molecule has 1 aromatic rings. The van der Waals surface area contributed by atoms with Gasteiger partial charge in [0.1, 0.15) is 22.8 Å². The Morgan fingerprint density at radius 1 is 1.26 bits per heavy atom. The maximum absolute atomic E-state index is 11.9. The zero-order chi connectivity index (χ0) is 17.0. The first kappa shape index (κ1) is 16.6. The summed E-state index contributed by atoms with van der Waals surface area (Å²) in [5, 5.41) is 10.3. The summed E-state index contributed by atoms with van der Waals surface area (Å²) in [7, 11) is 3.08. The Balaban J connectivity index is 2.52. The molecule has 1 N–H and O–H groups in total. The fourth-order valence-electron chi connectivity index (χ4n) is 2.30. The van der Waals surface area contributed by atoms with Crippen LogP contribution in [0.3, 0.4) is 0 Å². The summed E-state index contributed by atoms with van der Waals surface area (Å²) in [4.78, 5) is 16.2. The van der Waals surface area contributed by atoms with Gasteiger partial charge in [0.2, 0.25) is 0 Å². The van der Waals surface area contributed by atoms with Gasteiger partial charge in [-0.2, -0.15) is 0 Å². The molecule has 122 valence electrons. The van der Waals surface area contributed by atoms with Gasteiger partial charge in [-0.15, -0.1) is 0 Å². The number of nitrogens with zero attached hydrogens (tertiary/aromatic N) is 1. The first-order chi connectivity index (χ1) is 11.0. The van der Waals surface area contributed by atoms with E-state index in [1.807, 2.05) is 0 Å². The number of aliphatic hydroxyl groups excluding tert-OH is 1. The van der Waals surface area contributed by atoms with Crippen molar-refractivity contribution in [1.29, 1.82) is 0 Å². The Bertz CT molecular complexity index is 693. The molecule has 0 atom stereocenters. The Morgan fingerprint density at radius 3 is 2.39 bits per heavy atom. The molecule has 0 bridgehead atoms. The van der Waals surface area contributed by atoms with E-state index in [4.69, 9.17) is 14.2 Å². The van der Waals surface area contributed by atoms with Crippen LogP contribution in [0.2, 0.25) is 0 Å². The molecule has 0 saturated heterocycles. The number of aliphatic imine (C=N–C) groups is 1. The van der Waals surface area contributed by atoms with E-state index in [0.29, 0.717) is 22.8 Å². The number of hydrogen-bond donors (Lipinski definition) is 1. The van der Waals surface area contributed by atoms with E-state index in [2.05, 4.69) is 4.99 Å². The SMILES string of the molecule is CCOC(=O)C1=C(O)C(=Cc2c(OC)cccc2OC)N=C1C. The topological polar surface area (TPSA) is 77.4 Å². The Labute approximate surface area is 134 Å². The van der Waals surface area contributed by atoms with E-state index in [9.17, 15) is 9.90 Å². The molecule has 0 spiro atoms. The lowest BCUT2D eigenvalue weighted by atomic mass is 10.1. The molecule has 2 rings (SSSR count). The number of ether oxygens (including phenoxy) is 3. The van der Waals surface area contributed by atoms with Crippen LogP contribution in [-0.4, -0.2) is 37.6 Å². The Kier molecular flexibility index (Phi) is 5.05. The van der Waals surface area contributed by atoms with Crippen molar-refractivity contribution in [3.8, 4) is 11.5 Å². The van der Waals surface area contributed by atoms with Gasteiger partial charge in [-0.25, -0.2) is 9.79 Å². The summed E-state index contributed by atoms with van der Waals surface area (Å²) >= 11 is 0. The Morgan fingerprint density at radius 2 is 1.87 bits per heavy atom. The number of esters is 1. The zero-order valence-electron chi connectivity index (χ0n) is 13.5. The van der Waals surface area contributed by atoms with Gasteiger partial charge in [0.25, 0.3) is 0 Å². The van der Waals surface area contributed by atoms with E-state index in [1.165, 1.54) is 0 Å². The van der Waals surface area contributed by atoms with Gasteiger partial charge in [-0.3, -0.25) is 0 Å². The monoisotopic (exact) mass is 317 g/mol. The number of aliphatic hydroxyl groups is 1.